The lowest BCUT2D eigenvalue weighted by molar-refractivity contribution is -0.116. The molecule has 3 aromatic rings. The zero-order chi connectivity index (χ0) is 16.4. The summed E-state index contributed by atoms with van der Waals surface area (Å²) in [7, 11) is 0. The Morgan fingerprint density at radius 1 is 1.17 bits per heavy atom. The Hall–Kier alpha value is -2.40. The van der Waals surface area contributed by atoms with Crippen LogP contribution in [0.15, 0.2) is 47.3 Å². The van der Waals surface area contributed by atoms with Crippen molar-refractivity contribution in [2.24, 2.45) is 0 Å². The summed E-state index contributed by atoms with van der Waals surface area (Å²) in [5.41, 5.74) is 3.78. The van der Waals surface area contributed by atoms with Crippen molar-refractivity contribution in [2.75, 3.05) is 5.32 Å². The van der Waals surface area contributed by atoms with Crippen molar-refractivity contribution in [3.8, 4) is 0 Å². The summed E-state index contributed by atoms with van der Waals surface area (Å²) in [6.07, 6.45) is 0.846. The normalized spacial score (nSPS) is 10.9. The number of para-hydroxylation sites is 2. The molecule has 1 aromatic heterocycles. The van der Waals surface area contributed by atoms with E-state index in [0.717, 1.165) is 33.5 Å². The van der Waals surface area contributed by atoms with Gasteiger partial charge in [0.1, 0.15) is 6.54 Å². The second-order valence-electron chi connectivity index (χ2n) is 5.43. The van der Waals surface area contributed by atoms with Gasteiger partial charge in [-0.25, -0.2) is 0 Å². The highest BCUT2D eigenvalue weighted by Crippen LogP contribution is 2.21. The molecule has 0 atom stereocenters. The average molecular weight is 326 g/mol. The molecular formula is C18H18N2O2S. The van der Waals surface area contributed by atoms with Crippen molar-refractivity contribution in [3.05, 3.63) is 63.3 Å². The quantitative estimate of drug-likeness (QED) is 0.797. The summed E-state index contributed by atoms with van der Waals surface area (Å²) >= 11 is 1.17. The summed E-state index contributed by atoms with van der Waals surface area (Å²) in [5, 5.41) is 2.97. The first kappa shape index (κ1) is 15.5. The Labute approximate surface area is 138 Å². The number of carbonyl (C=O) groups excluding carboxylic acids is 1. The Bertz CT molecular complexity index is 924. The molecule has 5 heteroatoms. The van der Waals surface area contributed by atoms with Crippen LogP contribution in [0.4, 0.5) is 5.69 Å². The van der Waals surface area contributed by atoms with E-state index in [1.165, 1.54) is 15.9 Å². The third-order valence-electron chi connectivity index (χ3n) is 3.88. The van der Waals surface area contributed by atoms with E-state index >= 15 is 0 Å². The van der Waals surface area contributed by atoms with Crippen LogP contribution in [0.2, 0.25) is 0 Å². The van der Waals surface area contributed by atoms with Gasteiger partial charge in [-0.1, -0.05) is 48.6 Å². The fourth-order valence-electron chi connectivity index (χ4n) is 2.69. The van der Waals surface area contributed by atoms with E-state index in [2.05, 4.69) is 12.2 Å². The minimum Gasteiger partial charge on any atom is -0.324 e. The predicted octanol–water partition coefficient (Wildman–Crippen LogP) is 3.57. The number of hydrogen-bond donors (Lipinski definition) is 1. The number of anilines is 1. The van der Waals surface area contributed by atoms with Crippen molar-refractivity contribution in [3.63, 3.8) is 0 Å². The largest absolute Gasteiger partial charge is 0.324 e. The van der Waals surface area contributed by atoms with E-state index in [0.29, 0.717) is 0 Å². The van der Waals surface area contributed by atoms with E-state index < -0.39 is 0 Å². The van der Waals surface area contributed by atoms with Crippen molar-refractivity contribution < 1.29 is 4.79 Å². The van der Waals surface area contributed by atoms with Crippen molar-refractivity contribution in [1.82, 2.24) is 4.57 Å². The summed E-state index contributed by atoms with van der Waals surface area (Å²) < 4.78 is 2.43. The van der Waals surface area contributed by atoms with Gasteiger partial charge in [0.15, 0.2) is 0 Å². The Kier molecular flexibility index (Phi) is 4.30. The molecule has 0 radical (unpaired) electrons. The van der Waals surface area contributed by atoms with Gasteiger partial charge in [0.2, 0.25) is 5.91 Å². The molecule has 2 aromatic carbocycles. The molecule has 0 aliphatic rings. The first-order valence-electron chi connectivity index (χ1n) is 7.57. The minimum atomic E-state index is -0.181. The molecule has 0 saturated carbocycles. The van der Waals surface area contributed by atoms with E-state index in [4.69, 9.17) is 0 Å². The highest BCUT2D eigenvalue weighted by Gasteiger charge is 2.13. The maximum atomic E-state index is 12.4. The van der Waals surface area contributed by atoms with E-state index in [-0.39, 0.29) is 17.3 Å². The second-order valence-corrected chi connectivity index (χ2v) is 6.43. The van der Waals surface area contributed by atoms with Gasteiger partial charge in [-0.3, -0.25) is 14.2 Å². The molecule has 0 aliphatic carbocycles. The SMILES string of the molecule is CCc1cccc(C)c1NC(=O)Cn1c(=O)sc2ccccc21. The summed E-state index contributed by atoms with van der Waals surface area (Å²) in [5.74, 6) is -0.181. The number of aryl methyl sites for hydroxylation is 2. The number of aromatic nitrogens is 1. The van der Waals surface area contributed by atoms with Gasteiger partial charge in [-0.05, 0) is 36.6 Å². The van der Waals surface area contributed by atoms with Gasteiger partial charge in [0, 0.05) is 5.69 Å². The third-order valence-corrected chi connectivity index (χ3v) is 4.84. The predicted molar refractivity (Wildman–Crippen MR) is 95.3 cm³/mol. The molecule has 118 valence electrons. The van der Waals surface area contributed by atoms with E-state index in [1.54, 1.807) is 0 Å². The molecule has 0 unspecified atom stereocenters. The molecule has 3 rings (SSSR count). The van der Waals surface area contributed by atoms with Gasteiger partial charge < -0.3 is 5.32 Å². The molecule has 1 heterocycles. The monoisotopic (exact) mass is 326 g/mol. The zero-order valence-electron chi connectivity index (χ0n) is 13.1. The minimum absolute atomic E-state index is 0.0281. The topological polar surface area (TPSA) is 51.1 Å². The molecule has 0 spiro atoms. The fourth-order valence-corrected chi connectivity index (χ4v) is 3.58. The number of hydrogen-bond acceptors (Lipinski definition) is 3. The van der Waals surface area contributed by atoms with Crippen LogP contribution in [0.1, 0.15) is 18.1 Å². The van der Waals surface area contributed by atoms with E-state index in [1.807, 2.05) is 49.4 Å². The van der Waals surface area contributed by atoms with Crippen LogP contribution < -0.4 is 10.2 Å². The number of nitrogens with one attached hydrogen (secondary N) is 1. The average Bonchev–Trinajstić information content (AvgIpc) is 2.85. The number of benzene rings is 2. The lowest BCUT2D eigenvalue weighted by Gasteiger charge is -2.13. The van der Waals surface area contributed by atoms with Crippen LogP contribution in [0.3, 0.4) is 0 Å². The molecule has 4 nitrogen and oxygen atoms in total. The standard InChI is InChI=1S/C18H18N2O2S/c1-3-13-8-6-7-12(2)17(13)19-16(21)11-20-14-9-4-5-10-15(14)23-18(20)22/h4-10H,3,11H2,1-2H3,(H,19,21). The Morgan fingerprint density at radius 3 is 2.74 bits per heavy atom. The molecule has 1 amide bonds. The van der Waals surface area contributed by atoms with Gasteiger partial charge in [0.25, 0.3) is 0 Å². The summed E-state index contributed by atoms with van der Waals surface area (Å²) in [6, 6.07) is 13.5. The van der Waals surface area contributed by atoms with Crippen LogP contribution in [0.5, 0.6) is 0 Å². The maximum absolute atomic E-state index is 12.4. The van der Waals surface area contributed by atoms with Crippen molar-refractivity contribution >= 4 is 33.1 Å². The first-order valence-corrected chi connectivity index (χ1v) is 8.38. The smallest absolute Gasteiger partial charge is 0.308 e. The van der Waals surface area contributed by atoms with Gasteiger partial charge >= 0.3 is 4.87 Å². The highest BCUT2D eigenvalue weighted by atomic mass is 32.1. The number of rotatable bonds is 4. The molecule has 0 saturated heterocycles. The fraction of sp³-hybridized carbons (Fsp3) is 0.222. The van der Waals surface area contributed by atoms with Crippen LogP contribution in [0, 0.1) is 6.92 Å². The number of amides is 1. The van der Waals surface area contributed by atoms with Gasteiger partial charge in [-0.15, -0.1) is 0 Å². The summed E-state index contributed by atoms with van der Waals surface area (Å²) in [4.78, 5) is 24.4. The lowest BCUT2D eigenvalue weighted by Crippen LogP contribution is -2.25. The van der Waals surface area contributed by atoms with Gasteiger partial charge in [-0.2, -0.15) is 0 Å². The van der Waals surface area contributed by atoms with Crippen LogP contribution in [-0.2, 0) is 17.8 Å². The molecule has 1 N–H and O–H groups in total. The molecule has 0 bridgehead atoms. The molecule has 0 aliphatic heterocycles. The molecular weight excluding hydrogens is 308 g/mol. The molecule has 23 heavy (non-hydrogen) atoms. The van der Waals surface area contributed by atoms with Crippen LogP contribution >= 0.6 is 11.3 Å². The number of nitrogens with zero attached hydrogens (tertiary/aromatic N) is 1. The van der Waals surface area contributed by atoms with Crippen molar-refractivity contribution in [2.45, 2.75) is 26.8 Å². The number of thiazole rings is 1. The van der Waals surface area contributed by atoms with E-state index in [9.17, 15) is 9.59 Å². The lowest BCUT2D eigenvalue weighted by atomic mass is 10.1. The first-order chi connectivity index (χ1) is 11.1. The number of fused-ring (bicyclic) bond motifs is 1. The highest BCUT2D eigenvalue weighted by molar-refractivity contribution is 7.16. The second kappa shape index (κ2) is 6.38. The maximum Gasteiger partial charge on any atom is 0.308 e. The third kappa shape index (κ3) is 3.05. The number of carbonyl (C=O) groups is 1. The Balaban J connectivity index is 1.88. The van der Waals surface area contributed by atoms with Crippen molar-refractivity contribution in [1.29, 1.82) is 0 Å². The van der Waals surface area contributed by atoms with Crippen LogP contribution in [-0.4, -0.2) is 10.5 Å². The zero-order valence-corrected chi connectivity index (χ0v) is 13.9. The van der Waals surface area contributed by atoms with Crippen LogP contribution in [0.25, 0.3) is 10.2 Å². The van der Waals surface area contributed by atoms with Gasteiger partial charge in [0.05, 0.1) is 10.2 Å². The Morgan fingerprint density at radius 2 is 1.96 bits per heavy atom. The molecule has 0 fully saturated rings. The summed E-state index contributed by atoms with van der Waals surface area (Å²) in [6.45, 7) is 4.06.